The van der Waals surface area contributed by atoms with E-state index in [9.17, 15) is 4.79 Å². The Kier molecular flexibility index (Phi) is 7.48. The molecule has 2 heterocycles. The highest BCUT2D eigenvalue weighted by molar-refractivity contribution is 5.77. The zero-order valence-corrected chi connectivity index (χ0v) is 15.9. The van der Waals surface area contributed by atoms with Gasteiger partial charge in [0.05, 0.1) is 25.6 Å². The first-order chi connectivity index (χ1) is 13.0. The van der Waals surface area contributed by atoms with Gasteiger partial charge in [0, 0.05) is 19.2 Å². The predicted molar refractivity (Wildman–Crippen MR) is 99.9 cm³/mol. The Morgan fingerprint density at radius 2 is 2.00 bits per heavy atom. The Labute approximate surface area is 158 Å². The van der Waals surface area contributed by atoms with Gasteiger partial charge in [-0.15, -0.1) is 0 Å². The van der Waals surface area contributed by atoms with Gasteiger partial charge in [-0.05, 0) is 5.92 Å². The highest BCUT2D eigenvalue weighted by atomic mass is 16.5. The second-order valence-electron chi connectivity index (χ2n) is 6.51. The van der Waals surface area contributed by atoms with Gasteiger partial charge in [-0.3, -0.25) is 9.59 Å². The van der Waals surface area contributed by atoms with E-state index >= 15 is 0 Å². The molecule has 1 aliphatic rings. The van der Waals surface area contributed by atoms with Crippen LogP contribution in [-0.4, -0.2) is 57.4 Å². The monoisotopic (exact) mass is 374 g/mol. The van der Waals surface area contributed by atoms with Crippen molar-refractivity contribution < 1.29 is 19.4 Å². The van der Waals surface area contributed by atoms with E-state index in [0.29, 0.717) is 26.1 Å². The standard InChI is InChI=1S/C18H24N4O2.CH2O2/c1-13(2)16-18-19-17(14-7-5-4-6-8-14)20-22(18)11-10-21(16)15(23)9-12-24-3;2-1-3/h4-8,13,16H,9-12H2,1-3H3;1H,(H,2,3)/t16-;/m0./s1. The number of nitrogens with zero attached hydrogens (tertiary/aromatic N) is 4. The third-order valence-electron chi connectivity index (χ3n) is 4.36. The fourth-order valence-corrected chi connectivity index (χ4v) is 3.20. The number of aromatic nitrogens is 3. The largest absolute Gasteiger partial charge is 0.483 e. The first-order valence-corrected chi connectivity index (χ1v) is 8.89. The summed E-state index contributed by atoms with van der Waals surface area (Å²) in [6.45, 7) is 5.77. The summed E-state index contributed by atoms with van der Waals surface area (Å²) in [5, 5.41) is 11.5. The van der Waals surface area contributed by atoms with Gasteiger partial charge in [0.2, 0.25) is 5.91 Å². The van der Waals surface area contributed by atoms with Gasteiger partial charge in [-0.2, -0.15) is 5.10 Å². The molecule has 1 atom stereocenters. The van der Waals surface area contributed by atoms with Crippen LogP contribution < -0.4 is 0 Å². The Bertz CT molecular complexity index is 745. The maximum Gasteiger partial charge on any atom is 0.290 e. The lowest BCUT2D eigenvalue weighted by Crippen LogP contribution is -2.44. The summed E-state index contributed by atoms with van der Waals surface area (Å²) in [4.78, 5) is 27.6. The van der Waals surface area contributed by atoms with Crippen molar-refractivity contribution in [3.05, 3.63) is 36.2 Å². The van der Waals surface area contributed by atoms with E-state index < -0.39 is 0 Å². The fraction of sp³-hybridized carbons (Fsp3) is 0.474. The van der Waals surface area contributed by atoms with Gasteiger partial charge in [0.25, 0.3) is 6.47 Å². The molecule has 2 aromatic rings. The van der Waals surface area contributed by atoms with Gasteiger partial charge < -0.3 is 14.7 Å². The number of carbonyl (C=O) groups excluding carboxylic acids is 1. The van der Waals surface area contributed by atoms with Crippen LogP contribution >= 0.6 is 0 Å². The molecule has 1 N–H and O–H groups in total. The summed E-state index contributed by atoms with van der Waals surface area (Å²) in [7, 11) is 1.62. The lowest BCUT2D eigenvalue weighted by Gasteiger charge is -2.37. The molecule has 0 unspecified atom stereocenters. The van der Waals surface area contributed by atoms with Crippen molar-refractivity contribution in [2.24, 2.45) is 5.92 Å². The summed E-state index contributed by atoms with van der Waals surface area (Å²) in [5.41, 5.74) is 0.999. The summed E-state index contributed by atoms with van der Waals surface area (Å²) in [6.07, 6.45) is 0.402. The summed E-state index contributed by atoms with van der Waals surface area (Å²) in [6, 6.07) is 9.91. The Morgan fingerprint density at radius 1 is 1.33 bits per heavy atom. The predicted octanol–water partition coefficient (Wildman–Crippen LogP) is 2.22. The fourth-order valence-electron chi connectivity index (χ4n) is 3.20. The minimum atomic E-state index is -0.250. The summed E-state index contributed by atoms with van der Waals surface area (Å²) >= 11 is 0. The molecule has 0 aliphatic carbocycles. The Balaban J connectivity index is 0.000000817. The molecule has 1 aromatic heterocycles. The smallest absolute Gasteiger partial charge is 0.290 e. The van der Waals surface area contributed by atoms with Crippen LogP contribution in [0.15, 0.2) is 30.3 Å². The van der Waals surface area contributed by atoms with E-state index in [2.05, 4.69) is 18.9 Å². The van der Waals surface area contributed by atoms with Crippen molar-refractivity contribution in [2.45, 2.75) is 32.9 Å². The van der Waals surface area contributed by atoms with Gasteiger partial charge in [-0.1, -0.05) is 44.2 Å². The van der Waals surface area contributed by atoms with E-state index in [1.807, 2.05) is 39.9 Å². The third-order valence-corrected chi connectivity index (χ3v) is 4.36. The molecule has 0 radical (unpaired) electrons. The molecular weight excluding hydrogens is 348 g/mol. The third kappa shape index (κ3) is 4.91. The van der Waals surface area contributed by atoms with Gasteiger partial charge in [-0.25, -0.2) is 9.67 Å². The molecule has 0 saturated heterocycles. The van der Waals surface area contributed by atoms with Crippen LogP contribution in [-0.2, 0) is 20.9 Å². The molecule has 27 heavy (non-hydrogen) atoms. The number of hydrogen-bond acceptors (Lipinski definition) is 5. The van der Waals surface area contributed by atoms with E-state index in [1.54, 1.807) is 7.11 Å². The SMILES string of the molecule is COCCC(=O)N1CCn2nc(-c3ccccc3)nc2[C@@H]1C(C)C.O=CO. The summed E-state index contributed by atoms with van der Waals surface area (Å²) in [5.74, 6) is 1.98. The van der Waals surface area contributed by atoms with Gasteiger partial charge in [0.15, 0.2) is 11.6 Å². The van der Waals surface area contributed by atoms with Gasteiger partial charge in [0.1, 0.15) is 0 Å². The van der Waals surface area contributed by atoms with Crippen molar-refractivity contribution >= 4 is 12.4 Å². The number of amides is 1. The van der Waals surface area contributed by atoms with E-state index in [-0.39, 0.29) is 24.3 Å². The quantitative estimate of drug-likeness (QED) is 0.806. The number of carbonyl (C=O) groups is 2. The van der Waals surface area contributed by atoms with Crippen molar-refractivity contribution in [3.63, 3.8) is 0 Å². The van der Waals surface area contributed by atoms with Crippen LogP contribution in [0.25, 0.3) is 11.4 Å². The first-order valence-electron chi connectivity index (χ1n) is 8.89. The van der Waals surface area contributed by atoms with Crippen LogP contribution in [0.3, 0.4) is 0 Å². The molecule has 1 aromatic carbocycles. The van der Waals surface area contributed by atoms with Crippen molar-refractivity contribution in [1.29, 1.82) is 0 Å². The summed E-state index contributed by atoms with van der Waals surface area (Å²) < 4.78 is 7.00. The molecule has 0 bridgehead atoms. The van der Waals surface area contributed by atoms with E-state index in [0.717, 1.165) is 17.2 Å². The number of hydrogen-bond donors (Lipinski definition) is 1. The second-order valence-corrected chi connectivity index (χ2v) is 6.51. The molecule has 0 saturated carbocycles. The zero-order chi connectivity index (χ0) is 19.8. The van der Waals surface area contributed by atoms with Crippen LogP contribution in [0.2, 0.25) is 0 Å². The number of benzene rings is 1. The molecule has 1 aliphatic heterocycles. The number of fused-ring (bicyclic) bond motifs is 1. The lowest BCUT2D eigenvalue weighted by molar-refractivity contribution is -0.137. The lowest BCUT2D eigenvalue weighted by atomic mass is 9.99. The minimum absolute atomic E-state index is 0.0481. The molecule has 3 rings (SSSR count). The average Bonchev–Trinajstić information content (AvgIpc) is 3.10. The van der Waals surface area contributed by atoms with E-state index in [1.165, 1.54) is 0 Å². The second kappa shape index (κ2) is 9.82. The van der Waals surface area contributed by atoms with Crippen LogP contribution in [0, 0.1) is 5.92 Å². The highest BCUT2D eigenvalue weighted by Gasteiger charge is 2.35. The maximum atomic E-state index is 12.5. The van der Waals surface area contributed by atoms with Crippen LogP contribution in [0.5, 0.6) is 0 Å². The normalized spacial score (nSPS) is 15.7. The molecule has 8 heteroatoms. The van der Waals surface area contributed by atoms with Crippen molar-refractivity contribution in [1.82, 2.24) is 19.7 Å². The number of ether oxygens (including phenoxy) is 1. The van der Waals surface area contributed by atoms with Crippen LogP contribution in [0.4, 0.5) is 0 Å². The number of carboxylic acid groups (broad SMARTS) is 1. The number of methoxy groups -OCH3 is 1. The number of rotatable bonds is 5. The molecule has 8 nitrogen and oxygen atoms in total. The molecule has 146 valence electrons. The van der Waals surface area contributed by atoms with Gasteiger partial charge >= 0.3 is 0 Å². The minimum Gasteiger partial charge on any atom is -0.483 e. The zero-order valence-electron chi connectivity index (χ0n) is 15.9. The molecule has 0 fully saturated rings. The topological polar surface area (TPSA) is 97.5 Å². The average molecular weight is 374 g/mol. The van der Waals surface area contributed by atoms with Crippen molar-refractivity contribution in [3.8, 4) is 11.4 Å². The Hall–Kier alpha value is -2.74. The molecule has 0 spiro atoms. The molecular formula is C19H26N4O4. The Morgan fingerprint density at radius 3 is 2.59 bits per heavy atom. The highest BCUT2D eigenvalue weighted by Crippen LogP contribution is 2.32. The van der Waals surface area contributed by atoms with E-state index in [4.69, 9.17) is 19.6 Å². The maximum absolute atomic E-state index is 12.5. The van der Waals surface area contributed by atoms with Crippen molar-refractivity contribution in [2.75, 3.05) is 20.3 Å². The van der Waals surface area contributed by atoms with Crippen LogP contribution in [0.1, 0.15) is 32.1 Å². The molecule has 1 amide bonds. The first kappa shape index (κ1) is 20.6.